The molecule has 3 rings (SSSR count). The lowest BCUT2D eigenvalue weighted by atomic mass is 9.94. The molecule has 2 aromatic heterocycles. The van der Waals surface area contributed by atoms with Crippen LogP contribution in [0.25, 0.3) is 6.08 Å². The second-order valence-electron chi connectivity index (χ2n) is 6.69. The van der Waals surface area contributed by atoms with Crippen molar-refractivity contribution in [3.8, 4) is 0 Å². The van der Waals surface area contributed by atoms with Gasteiger partial charge in [0, 0.05) is 51.3 Å². The Balaban J connectivity index is 1.65. The maximum absolute atomic E-state index is 12.4. The Morgan fingerprint density at radius 2 is 2.20 bits per heavy atom. The van der Waals surface area contributed by atoms with Gasteiger partial charge in [-0.25, -0.2) is 0 Å². The van der Waals surface area contributed by atoms with Gasteiger partial charge >= 0.3 is 0 Å². The molecular weight excluding hydrogens is 314 g/mol. The van der Waals surface area contributed by atoms with Crippen LogP contribution < -0.4 is 0 Å². The predicted octanol–water partition coefficient (Wildman–Crippen LogP) is 1.98. The molecule has 0 aliphatic carbocycles. The Morgan fingerprint density at radius 1 is 1.36 bits per heavy atom. The number of likely N-dealkylation sites (tertiary alicyclic amines) is 1. The number of carbonyl (C=O) groups excluding carboxylic acids is 1. The van der Waals surface area contributed by atoms with Gasteiger partial charge < -0.3 is 4.90 Å². The van der Waals surface area contributed by atoms with E-state index in [4.69, 9.17) is 0 Å². The zero-order valence-corrected chi connectivity index (χ0v) is 15.0. The molecule has 0 N–H and O–H groups in total. The molecule has 0 bridgehead atoms. The maximum atomic E-state index is 12.4. The average Bonchev–Trinajstić information content (AvgIpc) is 3.19. The van der Waals surface area contributed by atoms with Crippen molar-refractivity contribution in [1.82, 2.24) is 24.6 Å². The molecule has 0 spiro atoms. The van der Waals surface area contributed by atoms with Crippen molar-refractivity contribution in [3.63, 3.8) is 0 Å². The van der Waals surface area contributed by atoms with E-state index < -0.39 is 0 Å². The first-order chi connectivity index (χ1) is 12.1. The summed E-state index contributed by atoms with van der Waals surface area (Å²) in [5.74, 6) is 0.425. The van der Waals surface area contributed by atoms with Crippen LogP contribution in [0.4, 0.5) is 0 Å². The molecule has 6 nitrogen and oxygen atoms in total. The molecule has 1 saturated heterocycles. The summed E-state index contributed by atoms with van der Waals surface area (Å²) >= 11 is 0. The SMILES string of the molecule is CN(C[C@@H]1CCN(C)[C@H]1c1cccnc1)C(=O)/C=C/c1ccnn1C. The molecule has 1 amide bonds. The molecular formula is C19H25N5O. The Bertz CT molecular complexity index is 739. The number of amides is 1. The minimum absolute atomic E-state index is 0.0145. The number of likely N-dealkylation sites (N-methyl/N-ethyl adjacent to an activating group) is 1. The lowest BCUT2D eigenvalue weighted by Gasteiger charge is -2.28. The lowest BCUT2D eigenvalue weighted by molar-refractivity contribution is -0.125. The summed E-state index contributed by atoms with van der Waals surface area (Å²) in [4.78, 5) is 20.9. The fraction of sp³-hybridized carbons (Fsp3) is 0.421. The highest BCUT2D eigenvalue weighted by molar-refractivity contribution is 5.91. The molecule has 1 fully saturated rings. The zero-order valence-electron chi connectivity index (χ0n) is 15.0. The van der Waals surface area contributed by atoms with Gasteiger partial charge in [-0.15, -0.1) is 0 Å². The van der Waals surface area contributed by atoms with Crippen LogP contribution >= 0.6 is 0 Å². The average molecular weight is 339 g/mol. The minimum Gasteiger partial charge on any atom is -0.342 e. The summed E-state index contributed by atoms with van der Waals surface area (Å²) in [5.41, 5.74) is 2.13. The van der Waals surface area contributed by atoms with Crippen LogP contribution in [-0.2, 0) is 11.8 Å². The topological polar surface area (TPSA) is 54.3 Å². The Morgan fingerprint density at radius 3 is 2.88 bits per heavy atom. The van der Waals surface area contributed by atoms with Gasteiger partial charge in [0.2, 0.25) is 5.91 Å². The largest absolute Gasteiger partial charge is 0.342 e. The van der Waals surface area contributed by atoms with Gasteiger partial charge in [0.1, 0.15) is 0 Å². The number of hydrogen-bond acceptors (Lipinski definition) is 4. The van der Waals surface area contributed by atoms with E-state index in [0.717, 1.165) is 25.2 Å². The fourth-order valence-corrected chi connectivity index (χ4v) is 3.57. The van der Waals surface area contributed by atoms with Crippen molar-refractivity contribution in [1.29, 1.82) is 0 Å². The maximum Gasteiger partial charge on any atom is 0.246 e. The Hall–Kier alpha value is -2.47. The van der Waals surface area contributed by atoms with Crippen LogP contribution in [0.1, 0.15) is 23.7 Å². The van der Waals surface area contributed by atoms with Crippen molar-refractivity contribution in [3.05, 3.63) is 54.1 Å². The number of aryl methyl sites for hydroxylation is 1. The van der Waals surface area contributed by atoms with Gasteiger partial charge in [0.25, 0.3) is 0 Å². The van der Waals surface area contributed by atoms with Gasteiger partial charge in [-0.05, 0) is 49.7 Å². The third-order valence-corrected chi connectivity index (χ3v) is 4.94. The van der Waals surface area contributed by atoms with Gasteiger partial charge in [-0.3, -0.25) is 19.4 Å². The third-order valence-electron chi connectivity index (χ3n) is 4.94. The highest BCUT2D eigenvalue weighted by Crippen LogP contribution is 2.36. The molecule has 25 heavy (non-hydrogen) atoms. The third kappa shape index (κ3) is 3.96. The van der Waals surface area contributed by atoms with Crippen molar-refractivity contribution in [2.75, 3.05) is 27.2 Å². The summed E-state index contributed by atoms with van der Waals surface area (Å²) in [7, 11) is 5.87. The number of rotatable bonds is 5. The number of pyridine rings is 1. The number of aromatic nitrogens is 3. The van der Waals surface area contributed by atoms with Crippen LogP contribution in [0.5, 0.6) is 0 Å². The van der Waals surface area contributed by atoms with Crippen LogP contribution in [0.15, 0.2) is 42.9 Å². The molecule has 0 aromatic carbocycles. The molecule has 2 aromatic rings. The van der Waals surface area contributed by atoms with Crippen LogP contribution in [0.2, 0.25) is 0 Å². The number of carbonyl (C=O) groups is 1. The summed E-state index contributed by atoms with van der Waals surface area (Å²) < 4.78 is 1.74. The van der Waals surface area contributed by atoms with Crippen molar-refractivity contribution < 1.29 is 4.79 Å². The summed E-state index contributed by atoms with van der Waals surface area (Å²) in [5, 5.41) is 4.10. The van der Waals surface area contributed by atoms with Gasteiger partial charge in [0.15, 0.2) is 0 Å². The molecule has 1 aliphatic heterocycles. The molecule has 0 unspecified atom stereocenters. The summed E-state index contributed by atoms with van der Waals surface area (Å²) in [6, 6.07) is 6.29. The Kier molecular flexibility index (Phi) is 5.28. The zero-order chi connectivity index (χ0) is 17.8. The quantitative estimate of drug-likeness (QED) is 0.782. The van der Waals surface area contributed by atoms with Crippen LogP contribution in [-0.4, -0.2) is 57.7 Å². The van der Waals surface area contributed by atoms with Crippen molar-refractivity contribution >= 4 is 12.0 Å². The first-order valence-electron chi connectivity index (χ1n) is 8.57. The van der Waals surface area contributed by atoms with Crippen molar-refractivity contribution in [2.45, 2.75) is 12.5 Å². The molecule has 0 saturated carbocycles. The summed E-state index contributed by atoms with van der Waals surface area (Å²) in [6.07, 6.45) is 9.97. The molecule has 132 valence electrons. The predicted molar refractivity (Wildman–Crippen MR) is 97.6 cm³/mol. The van der Waals surface area contributed by atoms with Gasteiger partial charge in [0.05, 0.1) is 5.69 Å². The van der Waals surface area contributed by atoms with E-state index in [1.165, 1.54) is 5.56 Å². The molecule has 6 heteroatoms. The normalized spacial score (nSPS) is 21.1. The van der Waals surface area contributed by atoms with Gasteiger partial charge in [-0.2, -0.15) is 5.10 Å². The molecule has 0 radical (unpaired) electrons. The monoisotopic (exact) mass is 339 g/mol. The lowest BCUT2D eigenvalue weighted by Crippen LogP contribution is -2.33. The minimum atomic E-state index is 0.0145. The van der Waals surface area contributed by atoms with E-state index in [0.29, 0.717) is 12.0 Å². The van der Waals surface area contributed by atoms with E-state index >= 15 is 0 Å². The first-order valence-corrected chi connectivity index (χ1v) is 8.57. The van der Waals surface area contributed by atoms with Crippen molar-refractivity contribution in [2.24, 2.45) is 13.0 Å². The highest BCUT2D eigenvalue weighted by atomic mass is 16.2. The van der Waals surface area contributed by atoms with Crippen LogP contribution in [0, 0.1) is 5.92 Å². The Labute approximate surface area is 148 Å². The highest BCUT2D eigenvalue weighted by Gasteiger charge is 2.34. The van der Waals surface area contributed by atoms with E-state index in [9.17, 15) is 4.79 Å². The van der Waals surface area contributed by atoms with E-state index in [-0.39, 0.29) is 5.91 Å². The van der Waals surface area contributed by atoms with Gasteiger partial charge in [-0.1, -0.05) is 6.07 Å². The number of nitrogens with zero attached hydrogens (tertiary/aromatic N) is 5. The molecule has 3 heterocycles. The smallest absolute Gasteiger partial charge is 0.246 e. The van der Waals surface area contributed by atoms with E-state index in [2.05, 4.69) is 28.1 Å². The second-order valence-corrected chi connectivity index (χ2v) is 6.69. The standard InChI is InChI=1S/C19H25N5O/c1-22-12-9-16(19(22)15-5-4-10-20-13-15)14-23(2)18(25)7-6-17-8-11-21-24(17)3/h4-8,10-11,13,16,19H,9,12,14H2,1-3H3/b7-6+/t16-,19-/m0/s1. The van der Waals surface area contributed by atoms with E-state index in [1.54, 1.807) is 28.1 Å². The summed E-state index contributed by atoms with van der Waals surface area (Å²) in [6.45, 7) is 1.77. The van der Waals surface area contributed by atoms with E-state index in [1.807, 2.05) is 38.5 Å². The molecule has 2 atom stereocenters. The second kappa shape index (κ2) is 7.61. The fourth-order valence-electron chi connectivity index (χ4n) is 3.57. The molecule has 1 aliphatic rings. The first kappa shape index (κ1) is 17.4. The van der Waals surface area contributed by atoms with Crippen LogP contribution in [0.3, 0.4) is 0 Å². The number of hydrogen-bond donors (Lipinski definition) is 0.